The Bertz CT molecular complexity index is 463. The van der Waals surface area contributed by atoms with Gasteiger partial charge in [0.05, 0.1) is 0 Å². The summed E-state index contributed by atoms with van der Waals surface area (Å²) in [5, 5.41) is -4.40. The predicted octanol–water partition coefficient (Wildman–Crippen LogP) is 1.92. The van der Waals surface area contributed by atoms with E-state index in [1.54, 1.807) is 0 Å². The van der Waals surface area contributed by atoms with Gasteiger partial charge in [-0.15, -0.1) is 0 Å². The first kappa shape index (κ1) is 11.8. The molecule has 0 aliphatic heterocycles. The Morgan fingerprint density at radius 3 is 2.07 bits per heavy atom. The molecule has 0 unspecified atom stereocenters. The summed E-state index contributed by atoms with van der Waals surface area (Å²) in [6.07, 6.45) is 1.41. The largest absolute Gasteiger partial charge is 0.743 e. The van der Waals surface area contributed by atoms with E-state index in [-0.39, 0.29) is 0 Å². The molecule has 0 atom stereocenters. The smallest absolute Gasteiger partial charge is 0.359 e. The first-order valence-corrected chi connectivity index (χ1v) is 5.26. The minimum absolute atomic E-state index is 0.554. The van der Waals surface area contributed by atoms with Crippen LogP contribution < -0.4 is 0 Å². The summed E-state index contributed by atoms with van der Waals surface area (Å²) < 4.78 is 56.8. The second kappa shape index (κ2) is 3.71. The maximum Gasteiger partial charge on any atom is 0.359 e. The molecule has 1 rings (SSSR count). The quantitative estimate of drug-likeness (QED) is 0.749. The van der Waals surface area contributed by atoms with Crippen LogP contribution in [0.3, 0.4) is 0 Å². The van der Waals surface area contributed by atoms with Crippen LogP contribution in [0.1, 0.15) is 11.1 Å². The molecule has 3 nitrogen and oxygen atoms in total. The number of alkyl halides is 2. The lowest BCUT2D eigenvalue weighted by Crippen LogP contribution is -2.25. The van der Waals surface area contributed by atoms with Crippen molar-refractivity contribution >= 4 is 16.2 Å². The molecular weight excluding hydrogens is 226 g/mol. The average Bonchev–Trinajstić information content (AvgIpc) is 2.16. The Hall–Kier alpha value is -1.27. The van der Waals surface area contributed by atoms with Gasteiger partial charge in [0.1, 0.15) is 0 Å². The minimum Gasteiger partial charge on any atom is -0.743 e. The zero-order valence-electron chi connectivity index (χ0n) is 7.48. The van der Waals surface area contributed by atoms with Gasteiger partial charge in [-0.1, -0.05) is 36.9 Å². The van der Waals surface area contributed by atoms with Crippen LogP contribution in [0.2, 0.25) is 0 Å². The Morgan fingerprint density at radius 2 is 1.73 bits per heavy atom. The van der Waals surface area contributed by atoms with Gasteiger partial charge in [-0.2, -0.15) is 8.78 Å². The first-order chi connectivity index (χ1) is 6.79. The Kier molecular flexibility index (Phi) is 2.92. The summed E-state index contributed by atoms with van der Waals surface area (Å²) >= 11 is 0. The van der Waals surface area contributed by atoms with E-state index in [1.807, 2.05) is 0 Å². The number of hydrogen-bond donors (Lipinski definition) is 0. The molecule has 0 aromatic heterocycles. The zero-order valence-corrected chi connectivity index (χ0v) is 8.30. The molecule has 15 heavy (non-hydrogen) atoms. The van der Waals surface area contributed by atoms with Gasteiger partial charge < -0.3 is 4.55 Å². The van der Waals surface area contributed by atoms with Crippen molar-refractivity contribution in [3.05, 3.63) is 42.0 Å². The molecule has 0 heterocycles. The SMILES string of the molecule is C=Cc1ccc(C(F)(F)S(=O)(=O)[O-])cc1. The van der Waals surface area contributed by atoms with E-state index in [1.165, 1.54) is 18.2 Å². The summed E-state index contributed by atoms with van der Waals surface area (Å²) in [7, 11) is -5.68. The number of hydrogen-bond acceptors (Lipinski definition) is 3. The molecule has 6 heteroatoms. The minimum atomic E-state index is -5.68. The fourth-order valence-corrected chi connectivity index (χ4v) is 1.38. The van der Waals surface area contributed by atoms with Gasteiger partial charge in [0.2, 0.25) is 0 Å². The van der Waals surface area contributed by atoms with Crippen molar-refractivity contribution in [2.24, 2.45) is 0 Å². The van der Waals surface area contributed by atoms with Gasteiger partial charge >= 0.3 is 5.25 Å². The molecule has 1 aromatic rings. The Morgan fingerprint density at radius 1 is 1.27 bits per heavy atom. The van der Waals surface area contributed by atoms with Crippen LogP contribution >= 0.6 is 0 Å². The third-order valence-corrected chi connectivity index (χ3v) is 2.66. The first-order valence-electron chi connectivity index (χ1n) is 3.85. The lowest BCUT2D eigenvalue weighted by atomic mass is 10.1. The van der Waals surface area contributed by atoms with E-state index < -0.39 is 20.9 Å². The predicted molar refractivity (Wildman–Crippen MR) is 50.1 cm³/mol. The third kappa shape index (κ3) is 2.21. The van der Waals surface area contributed by atoms with Crippen LogP contribution in [0, 0.1) is 0 Å². The van der Waals surface area contributed by atoms with E-state index in [4.69, 9.17) is 0 Å². The molecule has 0 saturated heterocycles. The molecular formula is C9H7F2O3S-. The van der Waals surface area contributed by atoms with Gasteiger partial charge in [-0.25, -0.2) is 8.42 Å². The van der Waals surface area contributed by atoms with E-state index in [0.717, 1.165) is 12.1 Å². The summed E-state index contributed by atoms with van der Waals surface area (Å²) in [5.41, 5.74) is -0.291. The Balaban J connectivity index is 3.23. The zero-order chi connectivity index (χ0) is 11.7. The molecule has 0 saturated carbocycles. The molecule has 0 bridgehead atoms. The normalized spacial score (nSPS) is 12.5. The van der Waals surface area contributed by atoms with E-state index in [9.17, 15) is 21.8 Å². The molecule has 1 aromatic carbocycles. The third-order valence-electron chi connectivity index (χ3n) is 1.80. The van der Waals surface area contributed by atoms with Crippen LogP contribution in [0.5, 0.6) is 0 Å². The highest BCUT2D eigenvalue weighted by Gasteiger charge is 2.39. The number of halogens is 2. The van der Waals surface area contributed by atoms with Crippen molar-refractivity contribution in [2.45, 2.75) is 5.25 Å². The van der Waals surface area contributed by atoms with Gasteiger partial charge in [0.15, 0.2) is 10.1 Å². The lowest BCUT2D eigenvalue weighted by molar-refractivity contribution is 0.0776. The van der Waals surface area contributed by atoms with E-state index in [0.29, 0.717) is 5.56 Å². The molecule has 0 amide bonds. The van der Waals surface area contributed by atoms with Crippen molar-refractivity contribution in [1.29, 1.82) is 0 Å². The summed E-state index contributed by atoms with van der Waals surface area (Å²) in [6, 6.07) is 4.27. The summed E-state index contributed by atoms with van der Waals surface area (Å²) in [5.74, 6) is 0. The van der Waals surface area contributed by atoms with Crippen LogP contribution in [0.25, 0.3) is 6.08 Å². The molecule has 0 N–H and O–H groups in total. The van der Waals surface area contributed by atoms with Crippen molar-refractivity contribution in [3.63, 3.8) is 0 Å². The highest BCUT2D eigenvalue weighted by Crippen LogP contribution is 2.33. The van der Waals surface area contributed by atoms with Gasteiger partial charge in [-0.05, 0) is 5.56 Å². The fraction of sp³-hybridized carbons (Fsp3) is 0.111. The maximum atomic E-state index is 13.0. The monoisotopic (exact) mass is 233 g/mol. The summed E-state index contributed by atoms with van der Waals surface area (Å²) in [6.45, 7) is 3.40. The molecule has 0 aliphatic rings. The average molecular weight is 233 g/mol. The van der Waals surface area contributed by atoms with Crippen LogP contribution in [0.15, 0.2) is 30.8 Å². The molecule has 82 valence electrons. The molecule has 0 aliphatic carbocycles. The lowest BCUT2D eigenvalue weighted by Gasteiger charge is -2.20. The fourth-order valence-electron chi connectivity index (χ4n) is 0.958. The molecule has 0 spiro atoms. The molecule has 0 fully saturated rings. The standard InChI is InChI=1S/C9H8F2O3S/c1-2-7-3-5-8(6-4-7)9(10,11)15(12,13)14/h2-6H,1H2,(H,12,13,14)/p-1. The van der Waals surface area contributed by atoms with Gasteiger partial charge in [-0.3, -0.25) is 0 Å². The molecule has 0 radical (unpaired) electrons. The van der Waals surface area contributed by atoms with Gasteiger partial charge in [0.25, 0.3) is 0 Å². The van der Waals surface area contributed by atoms with Crippen LogP contribution in [-0.2, 0) is 15.4 Å². The van der Waals surface area contributed by atoms with Crippen LogP contribution in [-0.4, -0.2) is 13.0 Å². The second-order valence-corrected chi connectivity index (χ2v) is 4.22. The van der Waals surface area contributed by atoms with Crippen LogP contribution in [0.4, 0.5) is 8.78 Å². The summed E-state index contributed by atoms with van der Waals surface area (Å²) in [4.78, 5) is 0. The number of benzene rings is 1. The van der Waals surface area contributed by atoms with E-state index >= 15 is 0 Å². The maximum absolute atomic E-state index is 13.0. The second-order valence-electron chi connectivity index (χ2n) is 2.80. The van der Waals surface area contributed by atoms with Crippen molar-refractivity contribution < 1.29 is 21.8 Å². The number of rotatable bonds is 3. The van der Waals surface area contributed by atoms with Crippen molar-refractivity contribution in [2.75, 3.05) is 0 Å². The van der Waals surface area contributed by atoms with Crippen molar-refractivity contribution in [3.8, 4) is 0 Å². The van der Waals surface area contributed by atoms with Crippen molar-refractivity contribution in [1.82, 2.24) is 0 Å². The Labute approximate surface area is 85.8 Å². The van der Waals surface area contributed by atoms with Gasteiger partial charge in [0, 0.05) is 5.56 Å². The highest BCUT2D eigenvalue weighted by atomic mass is 32.2. The van der Waals surface area contributed by atoms with E-state index in [2.05, 4.69) is 6.58 Å². The highest BCUT2D eigenvalue weighted by molar-refractivity contribution is 7.86. The topological polar surface area (TPSA) is 57.2 Å².